The second-order valence-electron chi connectivity index (χ2n) is 3.45. The van der Waals surface area contributed by atoms with Crippen molar-refractivity contribution in [1.82, 2.24) is 0 Å². The van der Waals surface area contributed by atoms with Crippen LogP contribution in [0.1, 0.15) is 6.42 Å². The number of rotatable bonds is 1. The first-order valence-corrected chi connectivity index (χ1v) is 6.88. The van der Waals surface area contributed by atoms with Gasteiger partial charge in [0.05, 0.1) is 0 Å². The van der Waals surface area contributed by atoms with Gasteiger partial charge < -0.3 is 0 Å². The molecule has 0 N–H and O–H groups in total. The van der Waals surface area contributed by atoms with Crippen LogP contribution in [0.5, 0.6) is 0 Å². The van der Waals surface area contributed by atoms with E-state index >= 15 is 0 Å². The Hall–Kier alpha value is 0.203. The van der Waals surface area contributed by atoms with Crippen LogP contribution < -0.4 is 0 Å². The molecule has 2 heteroatoms. The Balaban J connectivity index is 0.000000810. The van der Waals surface area contributed by atoms with E-state index in [1.54, 1.807) is 0 Å². The first-order chi connectivity index (χ1) is 4.11. The molecule has 1 aliphatic rings. The molecule has 0 saturated carbocycles. The fourth-order valence-electron chi connectivity index (χ4n) is 0.920. The van der Waals surface area contributed by atoms with E-state index in [4.69, 9.17) is 0 Å². The minimum atomic E-state index is -1.01. The van der Waals surface area contributed by atoms with E-state index in [9.17, 15) is 0 Å². The molecule has 0 amide bonds. The van der Waals surface area contributed by atoms with Crippen LogP contribution in [0.2, 0.25) is 19.6 Å². The molecule has 0 spiro atoms. The average molecular weight is 196 g/mol. The van der Waals surface area contributed by atoms with Gasteiger partial charge in [-0.1, -0.05) is 19.6 Å². The van der Waals surface area contributed by atoms with Crippen molar-refractivity contribution < 1.29 is 16.8 Å². The SMILES string of the molecule is C[Si](C)(C)C1=[C-]CC=C1.[Co]. The first kappa shape index (κ1) is 10.2. The van der Waals surface area contributed by atoms with Crippen LogP contribution in [-0.4, -0.2) is 8.07 Å². The molecule has 0 atom stereocenters. The molecule has 1 radical (unpaired) electrons. The molecule has 0 saturated heterocycles. The molecule has 0 unspecified atom stereocenters. The molecule has 1 rings (SSSR count). The number of hydrogen-bond acceptors (Lipinski definition) is 0. The summed E-state index contributed by atoms with van der Waals surface area (Å²) in [5.74, 6) is 0. The predicted octanol–water partition coefficient (Wildman–Crippen LogP) is 2.55. The minimum Gasteiger partial charge on any atom is -0.274 e. The third-order valence-corrected chi connectivity index (χ3v) is 3.46. The van der Waals surface area contributed by atoms with Crippen molar-refractivity contribution in [1.29, 1.82) is 0 Å². The van der Waals surface area contributed by atoms with Gasteiger partial charge in [-0.15, -0.1) is 6.42 Å². The Kier molecular flexibility index (Phi) is 3.62. The zero-order chi connectivity index (χ0) is 6.91. The summed E-state index contributed by atoms with van der Waals surface area (Å²) in [4.78, 5) is 0. The van der Waals surface area contributed by atoms with Gasteiger partial charge in [0.2, 0.25) is 0 Å². The molecule has 10 heavy (non-hydrogen) atoms. The summed E-state index contributed by atoms with van der Waals surface area (Å²) in [6.45, 7) is 7.06. The Morgan fingerprint density at radius 2 is 2.00 bits per heavy atom. The maximum absolute atomic E-state index is 3.36. The van der Waals surface area contributed by atoms with Crippen LogP contribution in [0.15, 0.2) is 17.3 Å². The predicted molar refractivity (Wildman–Crippen MR) is 43.9 cm³/mol. The van der Waals surface area contributed by atoms with Crippen molar-refractivity contribution in [3.05, 3.63) is 23.4 Å². The van der Waals surface area contributed by atoms with Gasteiger partial charge >= 0.3 is 0 Å². The summed E-state index contributed by atoms with van der Waals surface area (Å²) >= 11 is 0. The van der Waals surface area contributed by atoms with Gasteiger partial charge in [0.1, 0.15) is 0 Å². The Morgan fingerprint density at radius 3 is 2.20 bits per heavy atom. The summed E-state index contributed by atoms with van der Waals surface area (Å²) in [5, 5.41) is 1.49. The van der Waals surface area contributed by atoms with Crippen molar-refractivity contribution in [2.24, 2.45) is 0 Å². The third-order valence-electron chi connectivity index (χ3n) is 1.50. The third kappa shape index (κ3) is 2.44. The van der Waals surface area contributed by atoms with E-state index in [1.165, 1.54) is 5.20 Å². The zero-order valence-electron chi connectivity index (χ0n) is 6.70. The van der Waals surface area contributed by atoms with Crippen molar-refractivity contribution >= 4 is 8.07 Å². The molecule has 0 aromatic rings. The van der Waals surface area contributed by atoms with Crippen molar-refractivity contribution in [3.8, 4) is 0 Å². The van der Waals surface area contributed by atoms with Crippen molar-refractivity contribution in [2.75, 3.05) is 0 Å². The normalized spacial score (nSPS) is 16.5. The van der Waals surface area contributed by atoms with Crippen LogP contribution in [0.3, 0.4) is 0 Å². The second kappa shape index (κ2) is 3.55. The van der Waals surface area contributed by atoms with E-state index in [2.05, 4.69) is 37.9 Å². The zero-order valence-corrected chi connectivity index (χ0v) is 8.74. The van der Waals surface area contributed by atoms with Crippen molar-refractivity contribution in [3.63, 3.8) is 0 Å². The quantitative estimate of drug-likeness (QED) is 0.446. The summed E-state index contributed by atoms with van der Waals surface area (Å²) in [7, 11) is -1.01. The minimum absolute atomic E-state index is 0. The Morgan fingerprint density at radius 1 is 1.40 bits per heavy atom. The fourth-order valence-corrected chi connectivity index (χ4v) is 2.17. The number of allylic oxidation sites excluding steroid dienone is 4. The largest absolute Gasteiger partial charge is 0.274 e. The Bertz CT molecular complexity index is 163. The summed E-state index contributed by atoms with van der Waals surface area (Å²) in [6.07, 6.45) is 8.82. The molecular formula is C8H13CoSi-. The smallest absolute Gasteiger partial charge is 0.0393 e. The van der Waals surface area contributed by atoms with E-state index < -0.39 is 8.07 Å². The van der Waals surface area contributed by atoms with E-state index in [0.717, 1.165) is 6.42 Å². The first-order valence-electron chi connectivity index (χ1n) is 3.38. The standard InChI is InChI=1S/C8H13Si.Co/c1-9(2,3)8-6-4-5-7-8;/h4,6H,5H2,1-3H3;/q-1;. The van der Waals surface area contributed by atoms with Gasteiger partial charge in [0, 0.05) is 24.9 Å². The second-order valence-corrected chi connectivity index (χ2v) is 8.49. The molecule has 1 aliphatic carbocycles. The van der Waals surface area contributed by atoms with Crippen LogP contribution in [0.4, 0.5) is 0 Å². The maximum Gasteiger partial charge on any atom is 0.0393 e. The topological polar surface area (TPSA) is 0 Å². The molecule has 0 aromatic carbocycles. The van der Waals surface area contributed by atoms with Gasteiger partial charge in [-0.05, 0) is 0 Å². The molecule has 59 valence electrons. The summed E-state index contributed by atoms with van der Waals surface area (Å²) in [5.41, 5.74) is 0. The van der Waals surface area contributed by atoms with Crippen LogP contribution in [0, 0.1) is 6.08 Å². The molecule has 0 bridgehead atoms. The molecule has 0 heterocycles. The van der Waals surface area contributed by atoms with Gasteiger partial charge in [-0.25, -0.2) is 11.3 Å². The molecular weight excluding hydrogens is 183 g/mol. The summed E-state index contributed by atoms with van der Waals surface area (Å²) in [6, 6.07) is 0. The fraction of sp³-hybridized carbons (Fsp3) is 0.500. The van der Waals surface area contributed by atoms with E-state index in [0.29, 0.717) is 0 Å². The monoisotopic (exact) mass is 196 g/mol. The Labute approximate surface area is 74.6 Å². The van der Waals surface area contributed by atoms with Crippen molar-refractivity contribution in [2.45, 2.75) is 26.1 Å². The molecule has 0 fully saturated rings. The van der Waals surface area contributed by atoms with E-state index in [1.807, 2.05) is 0 Å². The van der Waals surface area contributed by atoms with Gasteiger partial charge in [0.15, 0.2) is 0 Å². The van der Waals surface area contributed by atoms with Crippen LogP contribution in [0.25, 0.3) is 0 Å². The van der Waals surface area contributed by atoms with E-state index in [-0.39, 0.29) is 16.8 Å². The molecule has 0 aromatic heterocycles. The number of hydrogen-bond donors (Lipinski definition) is 0. The molecule has 0 nitrogen and oxygen atoms in total. The summed E-state index contributed by atoms with van der Waals surface area (Å²) < 4.78 is 0. The molecule has 0 aliphatic heterocycles. The average Bonchev–Trinajstić information content (AvgIpc) is 2.08. The van der Waals surface area contributed by atoms with Gasteiger partial charge in [-0.3, -0.25) is 6.08 Å². The maximum atomic E-state index is 3.36. The van der Waals surface area contributed by atoms with Crippen LogP contribution >= 0.6 is 0 Å². The van der Waals surface area contributed by atoms with Gasteiger partial charge in [0.25, 0.3) is 0 Å². The van der Waals surface area contributed by atoms with Gasteiger partial charge in [-0.2, -0.15) is 6.08 Å². The van der Waals surface area contributed by atoms with Crippen LogP contribution in [-0.2, 0) is 16.8 Å².